The van der Waals surface area contributed by atoms with Crippen LogP contribution in [0.25, 0.3) is 5.69 Å². The number of carbonyl (C=O) groups is 1. The number of carbonyl (C=O) groups excluding carboxylic acids is 1. The lowest BCUT2D eigenvalue weighted by Gasteiger charge is -2.08. The van der Waals surface area contributed by atoms with Gasteiger partial charge in [0, 0.05) is 17.1 Å². The summed E-state index contributed by atoms with van der Waals surface area (Å²) in [6.07, 6.45) is 0. The summed E-state index contributed by atoms with van der Waals surface area (Å²) in [5, 5.41) is 10.4. The average Bonchev–Trinajstić information content (AvgIpc) is 3.10. The van der Waals surface area contributed by atoms with E-state index in [2.05, 4.69) is 15.7 Å². The number of aromatic nitrogens is 3. The summed E-state index contributed by atoms with van der Waals surface area (Å²) >= 11 is 5.60. The molecule has 0 radical (unpaired) electrons. The van der Waals surface area contributed by atoms with Gasteiger partial charge >= 0.3 is 0 Å². The van der Waals surface area contributed by atoms with Crippen molar-refractivity contribution in [3.05, 3.63) is 101 Å². The summed E-state index contributed by atoms with van der Waals surface area (Å²) in [5.41, 5.74) is 2.00. The Kier molecular flexibility index (Phi) is 6.37. The molecule has 4 aromatic rings. The van der Waals surface area contributed by atoms with Gasteiger partial charge in [-0.1, -0.05) is 18.2 Å². The summed E-state index contributed by atoms with van der Waals surface area (Å²) in [4.78, 5) is 12.5. The number of anilines is 2. The van der Waals surface area contributed by atoms with Gasteiger partial charge in [0.25, 0.3) is 0 Å². The molecule has 2 N–H and O–H groups in total. The number of nitrogens with zero attached hydrogens (tertiary/aromatic N) is 3. The Labute approximate surface area is 188 Å². The molecule has 32 heavy (non-hydrogen) atoms. The van der Waals surface area contributed by atoms with Gasteiger partial charge in [-0.25, -0.2) is 13.5 Å². The van der Waals surface area contributed by atoms with E-state index in [1.54, 1.807) is 16.7 Å². The van der Waals surface area contributed by atoms with Crippen LogP contribution in [0, 0.1) is 16.4 Å². The highest BCUT2D eigenvalue weighted by Crippen LogP contribution is 2.16. The molecule has 0 aliphatic carbocycles. The molecule has 1 heterocycles. The third-order valence-corrected chi connectivity index (χ3v) is 5.03. The van der Waals surface area contributed by atoms with Crippen molar-refractivity contribution in [3.63, 3.8) is 0 Å². The zero-order valence-electron chi connectivity index (χ0n) is 16.8. The minimum absolute atomic E-state index is 0.112. The number of nitrogens with one attached hydrogen (secondary N) is 2. The van der Waals surface area contributed by atoms with Crippen LogP contribution in [-0.2, 0) is 17.9 Å². The van der Waals surface area contributed by atoms with Crippen molar-refractivity contribution < 1.29 is 13.6 Å². The van der Waals surface area contributed by atoms with Gasteiger partial charge in [0.15, 0.2) is 5.82 Å². The second kappa shape index (κ2) is 9.52. The average molecular weight is 452 g/mol. The van der Waals surface area contributed by atoms with Gasteiger partial charge in [0.05, 0.1) is 6.54 Å². The standard InChI is InChI=1S/C23H19F2N5OS/c24-16-6-10-18(11-7-16)26-14-21-28-29(23(32)30(21)20-4-2-1-3-5-20)15-22(31)27-19-12-8-17(25)9-13-19/h1-13,26H,14-15H2,(H,27,31). The zero-order valence-corrected chi connectivity index (χ0v) is 17.7. The van der Waals surface area contributed by atoms with Crippen molar-refractivity contribution in [1.82, 2.24) is 14.3 Å². The van der Waals surface area contributed by atoms with Gasteiger partial charge in [0.1, 0.15) is 18.2 Å². The number of hydrogen-bond donors (Lipinski definition) is 2. The fourth-order valence-corrected chi connectivity index (χ4v) is 3.44. The van der Waals surface area contributed by atoms with Crippen molar-refractivity contribution in [2.45, 2.75) is 13.1 Å². The van der Waals surface area contributed by atoms with Crippen LogP contribution >= 0.6 is 12.2 Å². The van der Waals surface area contributed by atoms with Gasteiger partial charge in [-0.05, 0) is 72.9 Å². The molecule has 0 fully saturated rings. The van der Waals surface area contributed by atoms with Crippen molar-refractivity contribution in [2.75, 3.05) is 10.6 Å². The number of halogens is 2. The van der Waals surface area contributed by atoms with E-state index in [1.165, 1.54) is 41.1 Å². The first-order valence-electron chi connectivity index (χ1n) is 9.78. The Bertz CT molecular complexity index is 1270. The molecule has 0 spiro atoms. The smallest absolute Gasteiger partial charge is 0.246 e. The van der Waals surface area contributed by atoms with E-state index in [0.29, 0.717) is 22.8 Å². The molecule has 0 aliphatic rings. The highest BCUT2D eigenvalue weighted by molar-refractivity contribution is 7.71. The molecule has 9 heteroatoms. The van der Waals surface area contributed by atoms with Crippen molar-refractivity contribution >= 4 is 29.5 Å². The zero-order chi connectivity index (χ0) is 22.5. The normalized spacial score (nSPS) is 10.7. The van der Waals surface area contributed by atoms with E-state index in [1.807, 2.05) is 30.3 Å². The topological polar surface area (TPSA) is 63.9 Å². The lowest BCUT2D eigenvalue weighted by Crippen LogP contribution is -2.20. The van der Waals surface area contributed by atoms with Crippen LogP contribution in [0.5, 0.6) is 0 Å². The number of hydrogen-bond acceptors (Lipinski definition) is 4. The Morgan fingerprint density at radius 3 is 2.09 bits per heavy atom. The quantitative estimate of drug-likeness (QED) is 0.391. The largest absolute Gasteiger partial charge is 0.378 e. The minimum atomic E-state index is -0.384. The first-order valence-corrected chi connectivity index (χ1v) is 10.2. The summed E-state index contributed by atoms with van der Waals surface area (Å²) < 4.78 is 29.8. The van der Waals surface area contributed by atoms with Gasteiger partial charge in [0.2, 0.25) is 10.7 Å². The van der Waals surface area contributed by atoms with Crippen LogP contribution < -0.4 is 10.6 Å². The van der Waals surface area contributed by atoms with Gasteiger partial charge in [-0.15, -0.1) is 0 Å². The maximum Gasteiger partial charge on any atom is 0.246 e. The highest BCUT2D eigenvalue weighted by Gasteiger charge is 2.15. The third-order valence-electron chi connectivity index (χ3n) is 4.64. The summed E-state index contributed by atoms with van der Waals surface area (Å²) in [5.74, 6) is -0.465. The number of rotatable bonds is 7. The Balaban J connectivity index is 1.58. The van der Waals surface area contributed by atoms with E-state index in [4.69, 9.17) is 12.2 Å². The lowest BCUT2D eigenvalue weighted by atomic mass is 10.3. The molecule has 4 rings (SSSR count). The van der Waals surface area contributed by atoms with E-state index in [0.717, 1.165) is 11.4 Å². The molecule has 0 aliphatic heterocycles. The molecular weight excluding hydrogens is 432 g/mol. The Morgan fingerprint density at radius 2 is 1.47 bits per heavy atom. The maximum atomic E-state index is 13.2. The van der Waals surface area contributed by atoms with Crippen molar-refractivity contribution in [1.29, 1.82) is 0 Å². The van der Waals surface area contributed by atoms with E-state index >= 15 is 0 Å². The molecule has 0 unspecified atom stereocenters. The van der Waals surface area contributed by atoms with E-state index < -0.39 is 0 Å². The summed E-state index contributed by atoms with van der Waals surface area (Å²) in [6.45, 7) is 0.191. The molecule has 6 nitrogen and oxygen atoms in total. The molecule has 0 saturated carbocycles. The molecule has 0 saturated heterocycles. The highest BCUT2D eigenvalue weighted by atomic mass is 32.1. The summed E-state index contributed by atoms with van der Waals surface area (Å²) in [6, 6.07) is 20.9. The predicted molar refractivity (Wildman–Crippen MR) is 121 cm³/mol. The maximum absolute atomic E-state index is 13.2. The van der Waals surface area contributed by atoms with Crippen molar-refractivity contribution in [2.24, 2.45) is 0 Å². The van der Waals surface area contributed by atoms with Gasteiger partial charge < -0.3 is 10.6 Å². The van der Waals surface area contributed by atoms with Crippen LogP contribution in [0.2, 0.25) is 0 Å². The van der Waals surface area contributed by atoms with Crippen LogP contribution in [0.1, 0.15) is 5.82 Å². The van der Waals surface area contributed by atoms with Crippen LogP contribution in [-0.4, -0.2) is 20.3 Å². The van der Waals surface area contributed by atoms with Gasteiger partial charge in [-0.3, -0.25) is 9.36 Å². The molecule has 162 valence electrons. The summed E-state index contributed by atoms with van der Waals surface area (Å²) in [7, 11) is 0. The van der Waals surface area contributed by atoms with E-state index in [9.17, 15) is 13.6 Å². The van der Waals surface area contributed by atoms with E-state index in [-0.39, 0.29) is 24.1 Å². The van der Waals surface area contributed by atoms with Crippen LogP contribution in [0.15, 0.2) is 78.9 Å². The first kappa shape index (κ1) is 21.4. The van der Waals surface area contributed by atoms with Crippen molar-refractivity contribution in [3.8, 4) is 5.69 Å². The number of amides is 1. The monoisotopic (exact) mass is 451 g/mol. The van der Waals surface area contributed by atoms with Crippen LogP contribution in [0.4, 0.5) is 20.2 Å². The van der Waals surface area contributed by atoms with Crippen LogP contribution in [0.3, 0.4) is 0 Å². The predicted octanol–water partition coefficient (Wildman–Crippen LogP) is 4.93. The molecule has 0 atom stereocenters. The second-order valence-electron chi connectivity index (χ2n) is 6.94. The fraction of sp³-hybridized carbons (Fsp3) is 0.0870. The molecule has 1 amide bonds. The second-order valence-corrected chi connectivity index (χ2v) is 7.31. The minimum Gasteiger partial charge on any atom is -0.378 e. The lowest BCUT2D eigenvalue weighted by molar-refractivity contribution is -0.116. The number of para-hydroxylation sites is 1. The van der Waals surface area contributed by atoms with Gasteiger partial charge in [-0.2, -0.15) is 5.10 Å². The molecule has 1 aromatic heterocycles. The molecule has 0 bridgehead atoms. The third kappa shape index (κ3) is 5.06. The first-order chi connectivity index (χ1) is 15.5. The number of benzene rings is 3. The molecular formula is C23H19F2N5OS. The Hall–Kier alpha value is -3.85. The Morgan fingerprint density at radius 1 is 0.875 bits per heavy atom. The fourth-order valence-electron chi connectivity index (χ4n) is 3.13. The SMILES string of the molecule is O=C(Cn1nc(CNc2ccc(F)cc2)n(-c2ccccc2)c1=S)Nc1ccc(F)cc1. The molecule has 3 aromatic carbocycles.